The van der Waals surface area contributed by atoms with E-state index in [4.69, 9.17) is 0 Å². The Labute approximate surface area is 44.4 Å². The topological polar surface area (TPSA) is 12.0 Å². The Morgan fingerprint density at radius 1 is 1.57 bits per heavy atom. The van der Waals surface area contributed by atoms with Gasteiger partial charge in [0.25, 0.3) is 0 Å². The summed E-state index contributed by atoms with van der Waals surface area (Å²) < 4.78 is 0. The summed E-state index contributed by atoms with van der Waals surface area (Å²) in [5.41, 5.74) is 0. The number of allylic oxidation sites excluding steroid dienone is 1. The maximum absolute atomic E-state index is 3.19. The van der Waals surface area contributed by atoms with E-state index in [-0.39, 0.29) is 0 Å². The zero-order chi connectivity index (χ0) is 5.11. The molecule has 1 aliphatic heterocycles. The number of hydrogen-bond donors (Lipinski definition) is 1. The molecular formula is C6H11N. The largest absolute Gasteiger partial charge is 0.315 e. The molecule has 40 valence electrons. The minimum Gasteiger partial charge on any atom is -0.315 e. The minimum absolute atomic E-state index is 0.838. The molecule has 1 N–H and O–H groups in total. The van der Waals surface area contributed by atoms with Crippen LogP contribution in [0.3, 0.4) is 0 Å². The fraction of sp³-hybridized carbons (Fsp3) is 0.667. The second-order valence-corrected chi connectivity index (χ2v) is 1.94. The SMILES string of the molecule is C/C=C\C1CNC1. The molecule has 1 fully saturated rings. The van der Waals surface area contributed by atoms with Crippen molar-refractivity contribution in [3.8, 4) is 0 Å². The van der Waals surface area contributed by atoms with E-state index >= 15 is 0 Å². The first kappa shape index (κ1) is 4.85. The fourth-order valence-electron chi connectivity index (χ4n) is 0.719. The molecule has 0 aromatic heterocycles. The molecule has 0 bridgehead atoms. The molecule has 0 aromatic carbocycles. The van der Waals surface area contributed by atoms with Crippen LogP contribution in [0.5, 0.6) is 0 Å². The molecule has 0 spiro atoms. The van der Waals surface area contributed by atoms with Crippen LogP contribution >= 0.6 is 0 Å². The highest BCUT2D eigenvalue weighted by molar-refractivity contribution is 4.93. The summed E-state index contributed by atoms with van der Waals surface area (Å²) in [5.74, 6) is 0.838. The van der Waals surface area contributed by atoms with Crippen molar-refractivity contribution >= 4 is 0 Å². The van der Waals surface area contributed by atoms with E-state index in [1.54, 1.807) is 0 Å². The average Bonchev–Trinajstić information content (AvgIpc) is 1.55. The van der Waals surface area contributed by atoms with Gasteiger partial charge >= 0.3 is 0 Å². The molecule has 1 nitrogen and oxygen atoms in total. The monoisotopic (exact) mass is 97.1 g/mol. The normalized spacial score (nSPS) is 23.0. The van der Waals surface area contributed by atoms with Crippen LogP contribution in [-0.4, -0.2) is 13.1 Å². The molecule has 0 saturated carbocycles. The summed E-state index contributed by atoms with van der Waals surface area (Å²) in [5, 5.41) is 3.19. The van der Waals surface area contributed by atoms with Crippen LogP contribution in [0.15, 0.2) is 12.2 Å². The average molecular weight is 97.2 g/mol. The second-order valence-electron chi connectivity index (χ2n) is 1.94. The van der Waals surface area contributed by atoms with Gasteiger partial charge in [0.05, 0.1) is 0 Å². The van der Waals surface area contributed by atoms with Gasteiger partial charge in [-0.2, -0.15) is 0 Å². The smallest absolute Gasteiger partial charge is 0.00266 e. The maximum atomic E-state index is 3.19. The van der Waals surface area contributed by atoms with Crippen molar-refractivity contribution in [3.63, 3.8) is 0 Å². The summed E-state index contributed by atoms with van der Waals surface area (Å²) in [7, 11) is 0. The summed E-state index contributed by atoms with van der Waals surface area (Å²) in [6.45, 7) is 4.44. The van der Waals surface area contributed by atoms with Crippen molar-refractivity contribution in [1.82, 2.24) is 5.32 Å². The molecule has 1 saturated heterocycles. The highest BCUT2D eigenvalue weighted by Gasteiger charge is 2.10. The van der Waals surface area contributed by atoms with E-state index in [2.05, 4.69) is 24.4 Å². The molecule has 0 unspecified atom stereocenters. The van der Waals surface area contributed by atoms with E-state index in [9.17, 15) is 0 Å². The zero-order valence-corrected chi connectivity index (χ0v) is 4.65. The van der Waals surface area contributed by atoms with E-state index < -0.39 is 0 Å². The van der Waals surface area contributed by atoms with Gasteiger partial charge in [0.15, 0.2) is 0 Å². The third kappa shape index (κ3) is 1.03. The number of rotatable bonds is 1. The quantitative estimate of drug-likeness (QED) is 0.477. The van der Waals surface area contributed by atoms with E-state index in [1.165, 1.54) is 13.1 Å². The van der Waals surface area contributed by atoms with E-state index in [0.29, 0.717) is 0 Å². The molecule has 1 rings (SSSR count). The Morgan fingerprint density at radius 2 is 2.29 bits per heavy atom. The van der Waals surface area contributed by atoms with Gasteiger partial charge in [-0.3, -0.25) is 0 Å². The third-order valence-electron chi connectivity index (χ3n) is 1.28. The van der Waals surface area contributed by atoms with Gasteiger partial charge in [-0.1, -0.05) is 12.2 Å². The zero-order valence-electron chi connectivity index (χ0n) is 4.65. The van der Waals surface area contributed by atoms with E-state index in [0.717, 1.165) is 5.92 Å². The van der Waals surface area contributed by atoms with Gasteiger partial charge in [-0.25, -0.2) is 0 Å². The lowest BCUT2D eigenvalue weighted by Crippen LogP contribution is -2.40. The van der Waals surface area contributed by atoms with Gasteiger partial charge in [0, 0.05) is 19.0 Å². The lowest BCUT2D eigenvalue weighted by Gasteiger charge is -2.23. The van der Waals surface area contributed by atoms with Gasteiger partial charge in [-0.15, -0.1) is 0 Å². The first-order chi connectivity index (χ1) is 3.43. The highest BCUT2D eigenvalue weighted by Crippen LogP contribution is 2.02. The third-order valence-corrected chi connectivity index (χ3v) is 1.28. The Kier molecular flexibility index (Phi) is 1.47. The maximum Gasteiger partial charge on any atom is 0.00266 e. The molecule has 0 amide bonds. The molecule has 1 heteroatoms. The van der Waals surface area contributed by atoms with Crippen molar-refractivity contribution in [2.45, 2.75) is 6.92 Å². The Bertz CT molecular complexity index is 72.2. The van der Waals surface area contributed by atoms with Crippen LogP contribution in [0.25, 0.3) is 0 Å². The molecular weight excluding hydrogens is 86.1 g/mol. The molecule has 0 radical (unpaired) electrons. The van der Waals surface area contributed by atoms with Gasteiger partial charge < -0.3 is 5.32 Å². The number of nitrogens with one attached hydrogen (secondary N) is 1. The molecule has 0 atom stereocenters. The molecule has 7 heavy (non-hydrogen) atoms. The molecule has 0 aliphatic carbocycles. The first-order valence-corrected chi connectivity index (χ1v) is 2.77. The molecule has 1 aliphatic rings. The lowest BCUT2D eigenvalue weighted by atomic mass is 10.0. The lowest BCUT2D eigenvalue weighted by molar-refractivity contribution is 0.418. The highest BCUT2D eigenvalue weighted by atomic mass is 14.9. The van der Waals surface area contributed by atoms with Gasteiger partial charge in [0.2, 0.25) is 0 Å². The number of hydrogen-bond acceptors (Lipinski definition) is 1. The summed E-state index contributed by atoms with van der Waals surface area (Å²) in [6, 6.07) is 0. The summed E-state index contributed by atoms with van der Waals surface area (Å²) >= 11 is 0. The van der Waals surface area contributed by atoms with Crippen molar-refractivity contribution in [2.24, 2.45) is 5.92 Å². The van der Waals surface area contributed by atoms with Crippen LogP contribution in [0, 0.1) is 5.92 Å². The van der Waals surface area contributed by atoms with Crippen LogP contribution < -0.4 is 5.32 Å². The Hall–Kier alpha value is -0.300. The van der Waals surface area contributed by atoms with Crippen molar-refractivity contribution in [3.05, 3.63) is 12.2 Å². The fourth-order valence-corrected chi connectivity index (χ4v) is 0.719. The van der Waals surface area contributed by atoms with Crippen LogP contribution in [0.1, 0.15) is 6.92 Å². The molecule has 0 aromatic rings. The standard InChI is InChI=1S/C6H11N/c1-2-3-6-4-7-5-6/h2-3,6-7H,4-5H2,1H3/b3-2-. The van der Waals surface area contributed by atoms with E-state index in [1.807, 2.05) is 0 Å². The van der Waals surface area contributed by atoms with Gasteiger partial charge in [0.1, 0.15) is 0 Å². The minimum atomic E-state index is 0.838. The summed E-state index contributed by atoms with van der Waals surface area (Å²) in [4.78, 5) is 0. The summed E-state index contributed by atoms with van der Waals surface area (Å²) in [6.07, 6.45) is 4.36. The Morgan fingerprint density at radius 3 is 2.43 bits per heavy atom. The molecule has 1 heterocycles. The van der Waals surface area contributed by atoms with Crippen molar-refractivity contribution in [1.29, 1.82) is 0 Å². The predicted octanol–water partition coefficient (Wildman–Crippen LogP) is 0.782. The van der Waals surface area contributed by atoms with Gasteiger partial charge in [-0.05, 0) is 6.92 Å². The Balaban J connectivity index is 2.14. The first-order valence-electron chi connectivity index (χ1n) is 2.77. The second kappa shape index (κ2) is 2.12. The predicted molar refractivity (Wildman–Crippen MR) is 31.2 cm³/mol. The van der Waals surface area contributed by atoms with Crippen LogP contribution in [0.4, 0.5) is 0 Å². The van der Waals surface area contributed by atoms with Crippen LogP contribution in [0.2, 0.25) is 0 Å². The van der Waals surface area contributed by atoms with Crippen LogP contribution in [-0.2, 0) is 0 Å². The van der Waals surface area contributed by atoms with Crippen molar-refractivity contribution < 1.29 is 0 Å². The van der Waals surface area contributed by atoms with Crippen molar-refractivity contribution in [2.75, 3.05) is 13.1 Å².